The molecule has 0 unspecified atom stereocenters. The van der Waals surface area contributed by atoms with E-state index in [1.165, 1.54) is 7.11 Å². The zero-order chi connectivity index (χ0) is 25.0. The number of anilines is 1. The number of fused-ring (bicyclic) bond motifs is 1. The second-order valence-electron chi connectivity index (χ2n) is 8.81. The van der Waals surface area contributed by atoms with Crippen molar-refractivity contribution in [2.45, 2.75) is 19.3 Å². The van der Waals surface area contributed by atoms with Gasteiger partial charge < -0.3 is 24.5 Å². The van der Waals surface area contributed by atoms with E-state index in [0.717, 1.165) is 16.5 Å². The van der Waals surface area contributed by atoms with E-state index in [1.807, 2.05) is 62.4 Å². The van der Waals surface area contributed by atoms with E-state index < -0.39 is 5.41 Å². The Bertz CT molecular complexity index is 1360. The fourth-order valence-corrected chi connectivity index (χ4v) is 3.83. The molecule has 180 valence electrons. The third-order valence-corrected chi connectivity index (χ3v) is 5.94. The summed E-state index contributed by atoms with van der Waals surface area (Å²) in [6, 6.07) is 20.1. The molecule has 35 heavy (non-hydrogen) atoms. The van der Waals surface area contributed by atoms with E-state index in [0.29, 0.717) is 28.3 Å². The van der Waals surface area contributed by atoms with Gasteiger partial charge in [0.2, 0.25) is 0 Å². The van der Waals surface area contributed by atoms with Crippen molar-refractivity contribution in [3.05, 3.63) is 89.6 Å². The van der Waals surface area contributed by atoms with Gasteiger partial charge in [0.1, 0.15) is 6.61 Å². The highest BCUT2D eigenvalue weighted by atomic mass is 16.5. The lowest BCUT2D eigenvalue weighted by molar-refractivity contribution is 0.0429. The average Bonchev–Trinajstić information content (AvgIpc) is 3.31. The molecular weight excluding hydrogens is 444 g/mol. The number of carbonyl (C=O) groups excluding carboxylic acids is 2. The third kappa shape index (κ3) is 5.14. The van der Waals surface area contributed by atoms with Crippen LogP contribution in [0.3, 0.4) is 0 Å². The highest BCUT2D eigenvalue weighted by Crippen LogP contribution is 2.29. The number of aromatic nitrogens is 1. The number of hydrogen-bond acceptors (Lipinski definition) is 5. The number of aromatic amines is 1. The Labute approximate surface area is 204 Å². The first kappa shape index (κ1) is 23.9. The van der Waals surface area contributed by atoms with Crippen molar-refractivity contribution in [1.82, 2.24) is 4.98 Å². The molecule has 1 aromatic heterocycles. The number of H-pyrrole nitrogens is 1. The zero-order valence-electron chi connectivity index (χ0n) is 20.2. The monoisotopic (exact) mass is 472 g/mol. The first-order valence-electron chi connectivity index (χ1n) is 11.2. The number of rotatable bonds is 8. The van der Waals surface area contributed by atoms with Gasteiger partial charge in [-0.2, -0.15) is 0 Å². The molecule has 4 aromatic rings. The lowest BCUT2D eigenvalue weighted by Crippen LogP contribution is -2.26. The van der Waals surface area contributed by atoms with Gasteiger partial charge in [0.15, 0.2) is 11.5 Å². The highest BCUT2D eigenvalue weighted by Gasteiger charge is 2.24. The fraction of sp³-hybridized carbons (Fsp3) is 0.214. The van der Waals surface area contributed by atoms with Crippen LogP contribution in [0, 0.1) is 0 Å². The van der Waals surface area contributed by atoms with Crippen LogP contribution in [0.1, 0.15) is 40.1 Å². The second-order valence-corrected chi connectivity index (χ2v) is 8.81. The topological polar surface area (TPSA) is 89.6 Å². The largest absolute Gasteiger partial charge is 0.493 e. The number of nitrogens with one attached hydrogen (secondary N) is 2. The molecule has 0 aliphatic carbocycles. The maximum Gasteiger partial charge on any atom is 0.340 e. The highest BCUT2D eigenvalue weighted by molar-refractivity contribution is 6.05. The van der Waals surface area contributed by atoms with Gasteiger partial charge in [-0.25, -0.2) is 4.79 Å². The minimum Gasteiger partial charge on any atom is -0.493 e. The van der Waals surface area contributed by atoms with Gasteiger partial charge in [0.25, 0.3) is 5.91 Å². The molecular formula is C28H28N2O5. The molecule has 2 N–H and O–H groups in total. The molecule has 7 heteroatoms. The summed E-state index contributed by atoms with van der Waals surface area (Å²) < 4.78 is 16.1. The summed E-state index contributed by atoms with van der Waals surface area (Å²) in [5, 5.41) is 3.73. The third-order valence-electron chi connectivity index (χ3n) is 5.94. The summed E-state index contributed by atoms with van der Waals surface area (Å²) in [5.41, 5.74) is 3.08. The van der Waals surface area contributed by atoms with Crippen LogP contribution in [0.4, 0.5) is 5.69 Å². The predicted octanol–water partition coefficient (Wildman–Crippen LogP) is 5.57. The van der Waals surface area contributed by atoms with Crippen molar-refractivity contribution >= 4 is 28.5 Å². The minimum atomic E-state index is -0.423. The zero-order valence-corrected chi connectivity index (χ0v) is 20.2. The first-order chi connectivity index (χ1) is 16.8. The molecule has 0 saturated carbocycles. The van der Waals surface area contributed by atoms with E-state index in [1.54, 1.807) is 31.5 Å². The molecule has 0 spiro atoms. The number of esters is 1. The van der Waals surface area contributed by atoms with Crippen LogP contribution in [0.5, 0.6) is 11.5 Å². The van der Waals surface area contributed by atoms with E-state index in [-0.39, 0.29) is 18.5 Å². The molecule has 0 radical (unpaired) electrons. The molecule has 1 heterocycles. The normalized spacial score (nSPS) is 11.2. The van der Waals surface area contributed by atoms with E-state index >= 15 is 0 Å². The summed E-state index contributed by atoms with van der Waals surface area (Å²) in [7, 11) is 3.07. The molecule has 0 saturated heterocycles. The molecule has 7 nitrogen and oxygen atoms in total. The fourth-order valence-electron chi connectivity index (χ4n) is 3.83. The smallest absolute Gasteiger partial charge is 0.340 e. The van der Waals surface area contributed by atoms with Crippen molar-refractivity contribution in [1.29, 1.82) is 0 Å². The van der Waals surface area contributed by atoms with Gasteiger partial charge in [-0.05, 0) is 42.0 Å². The lowest BCUT2D eigenvalue weighted by Gasteiger charge is -2.25. The van der Waals surface area contributed by atoms with Crippen LogP contribution in [-0.2, 0) is 10.2 Å². The lowest BCUT2D eigenvalue weighted by atomic mass is 9.85. The Hall–Kier alpha value is -4.26. The Balaban J connectivity index is 1.40. The first-order valence-corrected chi connectivity index (χ1v) is 11.2. The number of benzene rings is 3. The molecule has 1 amide bonds. The van der Waals surface area contributed by atoms with Crippen molar-refractivity contribution in [3.8, 4) is 11.5 Å². The van der Waals surface area contributed by atoms with E-state index in [9.17, 15) is 9.59 Å². The average molecular weight is 473 g/mol. The summed E-state index contributed by atoms with van der Waals surface area (Å²) in [6.45, 7) is 4.22. The van der Waals surface area contributed by atoms with Crippen LogP contribution in [0.15, 0.2) is 72.9 Å². The Kier molecular flexibility index (Phi) is 6.78. The van der Waals surface area contributed by atoms with Crippen LogP contribution in [-0.4, -0.2) is 37.7 Å². The van der Waals surface area contributed by atoms with Crippen molar-refractivity contribution < 1.29 is 23.8 Å². The van der Waals surface area contributed by atoms with E-state index in [4.69, 9.17) is 14.2 Å². The summed E-state index contributed by atoms with van der Waals surface area (Å²) in [6.07, 6.45) is 1.68. The minimum absolute atomic E-state index is 0.211. The molecule has 0 bridgehead atoms. The molecule has 0 atom stereocenters. The van der Waals surface area contributed by atoms with Gasteiger partial charge in [0, 0.05) is 33.8 Å². The van der Waals surface area contributed by atoms with Crippen molar-refractivity contribution in [3.63, 3.8) is 0 Å². The van der Waals surface area contributed by atoms with Crippen LogP contribution in [0.2, 0.25) is 0 Å². The van der Waals surface area contributed by atoms with Crippen molar-refractivity contribution in [2.24, 2.45) is 0 Å². The standard InChI is InChI=1S/C28H28N2O5/c1-28(2,17-35-27(32)22-16-29-23-8-6-5-7-21(22)23)19-10-12-20(13-11-19)30-26(31)18-9-14-24(33-3)25(15-18)34-4/h5-16,29H,17H2,1-4H3,(H,30,31). The number of ether oxygens (including phenoxy) is 3. The number of carbonyl (C=O) groups is 2. The SMILES string of the molecule is COc1ccc(C(=O)Nc2ccc(C(C)(C)COC(=O)c3c[nH]c4ccccc34)cc2)cc1OC. The number of amides is 1. The predicted molar refractivity (Wildman–Crippen MR) is 136 cm³/mol. The van der Waals surface area contributed by atoms with Crippen LogP contribution >= 0.6 is 0 Å². The Morgan fingerprint density at radius 2 is 1.63 bits per heavy atom. The summed E-state index contributed by atoms with van der Waals surface area (Å²) in [5.74, 6) is 0.417. The molecule has 0 aliphatic rings. The number of hydrogen-bond donors (Lipinski definition) is 2. The van der Waals surface area contributed by atoms with Gasteiger partial charge in [-0.1, -0.05) is 44.2 Å². The van der Waals surface area contributed by atoms with Crippen molar-refractivity contribution in [2.75, 3.05) is 26.1 Å². The van der Waals surface area contributed by atoms with Crippen LogP contribution in [0.25, 0.3) is 10.9 Å². The Morgan fingerprint density at radius 3 is 2.34 bits per heavy atom. The number of methoxy groups -OCH3 is 2. The maximum absolute atomic E-state index is 12.7. The second kappa shape index (κ2) is 9.93. The maximum atomic E-state index is 12.7. The molecule has 0 fully saturated rings. The number of para-hydroxylation sites is 1. The van der Waals surface area contributed by atoms with Crippen LogP contribution < -0.4 is 14.8 Å². The molecule has 3 aromatic carbocycles. The van der Waals surface area contributed by atoms with Gasteiger partial charge in [0.05, 0.1) is 19.8 Å². The van der Waals surface area contributed by atoms with Gasteiger partial charge in [-0.3, -0.25) is 4.79 Å². The Morgan fingerprint density at radius 1 is 0.914 bits per heavy atom. The molecule has 0 aliphatic heterocycles. The van der Waals surface area contributed by atoms with Gasteiger partial charge >= 0.3 is 5.97 Å². The van der Waals surface area contributed by atoms with Gasteiger partial charge in [-0.15, -0.1) is 0 Å². The quantitative estimate of drug-likeness (QED) is 0.327. The summed E-state index contributed by atoms with van der Waals surface area (Å²) >= 11 is 0. The van der Waals surface area contributed by atoms with E-state index in [2.05, 4.69) is 10.3 Å². The molecule has 4 rings (SSSR count). The summed E-state index contributed by atoms with van der Waals surface area (Å²) in [4.78, 5) is 28.5.